The van der Waals surface area contributed by atoms with Crippen LogP contribution in [0.4, 0.5) is 0 Å². The van der Waals surface area contributed by atoms with Gasteiger partial charge in [0.05, 0.1) is 6.10 Å². The van der Waals surface area contributed by atoms with Crippen molar-refractivity contribution in [3.05, 3.63) is 0 Å². The van der Waals surface area contributed by atoms with Crippen LogP contribution in [0.2, 0.25) is 0 Å². The minimum Gasteiger partial charge on any atom is -0.434 e. The molecule has 0 aliphatic carbocycles. The SMILES string of the molecule is CCCC(CC)CCCCCCCCCC(=O)OC(Br)(C[C@H](C)O)P(=O)(O)O. The van der Waals surface area contributed by atoms with E-state index in [0.29, 0.717) is 6.42 Å². The van der Waals surface area contributed by atoms with Gasteiger partial charge < -0.3 is 19.6 Å². The molecular formula is C20H40BrO6P. The molecule has 0 spiro atoms. The maximum atomic E-state index is 11.9. The lowest BCUT2D eigenvalue weighted by atomic mass is 9.94. The summed E-state index contributed by atoms with van der Waals surface area (Å²) in [6.07, 6.45) is 11.4. The topological polar surface area (TPSA) is 104 Å². The predicted octanol–water partition coefficient (Wildman–Crippen LogP) is 5.86. The van der Waals surface area contributed by atoms with Crippen LogP contribution in [-0.4, -0.2) is 31.2 Å². The van der Waals surface area contributed by atoms with Gasteiger partial charge in [-0.3, -0.25) is 9.36 Å². The van der Waals surface area contributed by atoms with E-state index in [0.717, 1.165) is 25.2 Å². The van der Waals surface area contributed by atoms with Crippen LogP contribution >= 0.6 is 23.5 Å². The lowest BCUT2D eigenvalue weighted by Gasteiger charge is -2.29. The van der Waals surface area contributed by atoms with Crippen LogP contribution in [0.1, 0.15) is 104 Å². The molecule has 0 radical (unpaired) electrons. The predicted molar refractivity (Wildman–Crippen MR) is 116 cm³/mol. The fraction of sp³-hybridized carbons (Fsp3) is 0.950. The third-order valence-corrected chi connectivity index (χ3v) is 8.04. The van der Waals surface area contributed by atoms with E-state index in [-0.39, 0.29) is 12.8 Å². The van der Waals surface area contributed by atoms with E-state index >= 15 is 0 Å². The van der Waals surface area contributed by atoms with Gasteiger partial charge in [-0.1, -0.05) is 78.1 Å². The van der Waals surface area contributed by atoms with Crippen molar-refractivity contribution in [3.8, 4) is 0 Å². The zero-order valence-corrected chi connectivity index (χ0v) is 20.2. The smallest absolute Gasteiger partial charge is 0.380 e. The minimum absolute atomic E-state index is 0.113. The number of hydrogen-bond donors (Lipinski definition) is 3. The molecule has 0 aromatic carbocycles. The first-order valence-electron chi connectivity index (χ1n) is 10.7. The second-order valence-electron chi connectivity index (χ2n) is 7.84. The number of carbonyl (C=O) groups excluding carboxylic acids is 1. The van der Waals surface area contributed by atoms with Gasteiger partial charge in [-0.25, -0.2) is 0 Å². The Morgan fingerprint density at radius 1 is 1.04 bits per heavy atom. The van der Waals surface area contributed by atoms with Crippen LogP contribution in [0, 0.1) is 5.92 Å². The average Bonchev–Trinajstić information content (AvgIpc) is 2.57. The van der Waals surface area contributed by atoms with Crippen LogP contribution in [0.25, 0.3) is 0 Å². The summed E-state index contributed by atoms with van der Waals surface area (Å²) in [6.45, 7) is 5.90. The highest BCUT2D eigenvalue weighted by atomic mass is 79.9. The normalized spacial score (nSPS) is 16.4. The Hall–Kier alpha value is 0.0600. The number of rotatable bonds is 17. The van der Waals surface area contributed by atoms with Gasteiger partial charge in [0.1, 0.15) is 0 Å². The third kappa shape index (κ3) is 12.6. The largest absolute Gasteiger partial charge is 0.434 e. The summed E-state index contributed by atoms with van der Waals surface area (Å²) in [4.78, 5) is 30.7. The van der Waals surface area contributed by atoms with Crippen molar-refractivity contribution < 1.29 is 29.0 Å². The van der Waals surface area contributed by atoms with Gasteiger partial charge in [-0.05, 0) is 35.2 Å². The lowest BCUT2D eigenvalue weighted by Crippen LogP contribution is -2.32. The third-order valence-electron chi connectivity index (χ3n) is 5.02. The zero-order valence-electron chi connectivity index (χ0n) is 17.7. The molecule has 2 unspecified atom stereocenters. The summed E-state index contributed by atoms with van der Waals surface area (Å²) >= 11 is 2.82. The molecule has 0 aliphatic heterocycles. The molecule has 28 heavy (non-hydrogen) atoms. The molecule has 0 rings (SSSR count). The number of hydrogen-bond acceptors (Lipinski definition) is 4. The first kappa shape index (κ1) is 28.1. The van der Waals surface area contributed by atoms with Crippen molar-refractivity contribution in [2.75, 3.05) is 0 Å². The van der Waals surface area contributed by atoms with E-state index in [1.54, 1.807) is 0 Å². The Kier molecular flexibility index (Phi) is 15.0. The Morgan fingerprint density at radius 3 is 2.04 bits per heavy atom. The first-order valence-corrected chi connectivity index (χ1v) is 13.1. The molecule has 0 aromatic heterocycles. The highest BCUT2D eigenvalue weighted by Gasteiger charge is 2.49. The van der Waals surface area contributed by atoms with Crippen molar-refractivity contribution in [1.82, 2.24) is 0 Å². The molecule has 0 saturated heterocycles. The van der Waals surface area contributed by atoms with Gasteiger partial charge in [0.2, 0.25) is 0 Å². The van der Waals surface area contributed by atoms with E-state index in [1.165, 1.54) is 51.9 Å². The number of halogens is 1. The van der Waals surface area contributed by atoms with Crippen LogP contribution in [0.5, 0.6) is 0 Å². The first-order chi connectivity index (χ1) is 13.1. The average molecular weight is 487 g/mol. The highest BCUT2D eigenvalue weighted by Crippen LogP contribution is 2.58. The second-order valence-corrected chi connectivity index (χ2v) is 11.5. The maximum absolute atomic E-state index is 11.9. The molecular weight excluding hydrogens is 447 g/mol. The molecule has 0 bridgehead atoms. The van der Waals surface area contributed by atoms with Crippen molar-refractivity contribution in [2.24, 2.45) is 5.92 Å². The van der Waals surface area contributed by atoms with E-state index in [9.17, 15) is 24.3 Å². The van der Waals surface area contributed by atoms with Crippen LogP contribution < -0.4 is 0 Å². The number of unbranched alkanes of at least 4 members (excludes halogenated alkanes) is 6. The quantitative estimate of drug-likeness (QED) is 0.103. The van der Waals surface area contributed by atoms with E-state index in [1.807, 2.05) is 0 Å². The van der Waals surface area contributed by atoms with Crippen molar-refractivity contribution in [2.45, 2.75) is 115 Å². The molecule has 0 heterocycles. The van der Waals surface area contributed by atoms with E-state index in [2.05, 4.69) is 29.8 Å². The summed E-state index contributed by atoms with van der Waals surface area (Å²) in [6, 6.07) is 0. The number of ether oxygens (including phenoxy) is 1. The molecule has 0 amide bonds. The summed E-state index contributed by atoms with van der Waals surface area (Å²) in [7, 11) is -4.76. The maximum Gasteiger partial charge on any atom is 0.380 e. The molecule has 0 aliphatic rings. The lowest BCUT2D eigenvalue weighted by molar-refractivity contribution is -0.148. The molecule has 6 nitrogen and oxygen atoms in total. The summed E-state index contributed by atoms with van der Waals surface area (Å²) < 4.78 is 14.4. The fourth-order valence-corrected chi connectivity index (χ4v) is 4.73. The molecule has 168 valence electrons. The number of esters is 1. The van der Waals surface area contributed by atoms with Crippen LogP contribution in [-0.2, 0) is 14.1 Å². The number of alkyl halides is 1. The molecule has 0 fully saturated rings. The Labute approximate surface area is 179 Å². The molecule has 8 heteroatoms. The zero-order chi connectivity index (χ0) is 21.6. The van der Waals surface area contributed by atoms with Crippen molar-refractivity contribution >= 4 is 29.5 Å². The highest BCUT2D eigenvalue weighted by molar-refractivity contribution is 9.11. The summed E-state index contributed by atoms with van der Waals surface area (Å²) in [5, 5.41) is 9.41. The van der Waals surface area contributed by atoms with Crippen molar-refractivity contribution in [1.29, 1.82) is 0 Å². The molecule has 0 saturated carbocycles. The van der Waals surface area contributed by atoms with Gasteiger partial charge >= 0.3 is 13.6 Å². The van der Waals surface area contributed by atoms with Crippen molar-refractivity contribution in [3.63, 3.8) is 0 Å². The second kappa shape index (κ2) is 15.0. The number of carbonyl (C=O) groups is 1. The molecule has 3 N–H and O–H groups in total. The van der Waals surface area contributed by atoms with E-state index in [4.69, 9.17) is 4.74 Å². The minimum atomic E-state index is -4.76. The Morgan fingerprint density at radius 2 is 1.57 bits per heavy atom. The monoisotopic (exact) mass is 486 g/mol. The van der Waals surface area contributed by atoms with Gasteiger partial charge in [-0.15, -0.1) is 0 Å². The standard InChI is InChI=1S/C20H40BrO6P/c1-4-13-18(5-2)14-11-9-7-6-8-10-12-15-19(23)27-20(21,16-17(3)22)28(24,25)26/h17-18,22H,4-16H2,1-3H3,(H2,24,25,26)/t17-,18?,20?/m0/s1. The van der Waals surface area contributed by atoms with Gasteiger partial charge in [0, 0.05) is 12.8 Å². The van der Waals surface area contributed by atoms with Crippen LogP contribution in [0.15, 0.2) is 0 Å². The van der Waals surface area contributed by atoms with Gasteiger partial charge in [0.15, 0.2) is 0 Å². The Bertz CT molecular complexity index is 468. The van der Waals surface area contributed by atoms with Gasteiger partial charge in [0.25, 0.3) is 4.25 Å². The number of aliphatic hydroxyl groups is 1. The van der Waals surface area contributed by atoms with Crippen LogP contribution in [0.3, 0.4) is 0 Å². The molecule has 0 aromatic rings. The molecule has 3 atom stereocenters. The summed E-state index contributed by atoms with van der Waals surface area (Å²) in [5.74, 6) is 0.210. The number of aliphatic hydroxyl groups excluding tert-OH is 1. The summed E-state index contributed by atoms with van der Waals surface area (Å²) in [5.41, 5.74) is 0. The fourth-order valence-electron chi connectivity index (χ4n) is 3.36. The Balaban J connectivity index is 3.91. The van der Waals surface area contributed by atoms with Gasteiger partial charge in [-0.2, -0.15) is 0 Å². The van der Waals surface area contributed by atoms with E-state index < -0.39 is 23.9 Å².